The Balaban J connectivity index is 2.30. The van der Waals surface area contributed by atoms with Crippen molar-refractivity contribution in [3.63, 3.8) is 0 Å². The Hall–Kier alpha value is -1.59. The second-order valence-corrected chi connectivity index (χ2v) is 4.95. The molecule has 1 amide bonds. The van der Waals surface area contributed by atoms with Gasteiger partial charge in [-0.3, -0.25) is 9.78 Å². The number of nitrogens with one attached hydrogen (secondary N) is 1. The van der Waals surface area contributed by atoms with Gasteiger partial charge in [-0.2, -0.15) is 0 Å². The number of hydrogen-bond acceptors (Lipinski definition) is 3. The first kappa shape index (κ1) is 13.8. The van der Waals surface area contributed by atoms with E-state index in [1.807, 2.05) is 0 Å². The molecular weight excluding hydrogens is 332 g/mol. The highest BCUT2D eigenvalue weighted by atomic mass is 79.9. The summed E-state index contributed by atoms with van der Waals surface area (Å²) in [6, 6.07) is 6.57. The lowest BCUT2D eigenvalue weighted by Crippen LogP contribution is -2.13. The molecule has 0 bridgehead atoms. The quantitative estimate of drug-likeness (QED) is 0.925. The lowest BCUT2D eigenvalue weighted by Gasteiger charge is -2.10. The van der Waals surface area contributed by atoms with Crippen LogP contribution in [0.5, 0.6) is 5.75 Å². The largest absolute Gasteiger partial charge is 0.496 e. The number of rotatable bonds is 3. The molecule has 2 aromatic rings. The molecule has 0 atom stereocenters. The summed E-state index contributed by atoms with van der Waals surface area (Å²) in [5, 5.41) is 3.24. The molecule has 0 saturated heterocycles. The van der Waals surface area contributed by atoms with Gasteiger partial charge in [0.25, 0.3) is 5.91 Å². The Morgan fingerprint density at radius 3 is 2.89 bits per heavy atom. The highest BCUT2D eigenvalue weighted by Crippen LogP contribution is 2.25. The summed E-state index contributed by atoms with van der Waals surface area (Å²) in [7, 11) is 1.50. The lowest BCUT2D eigenvalue weighted by atomic mass is 10.2. The van der Waals surface area contributed by atoms with E-state index in [4.69, 9.17) is 16.3 Å². The molecule has 2 rings (SSSR count). The molecule has 98 valence electrons. The molecule has 0 aliphatic heterocycles. The van der Waals surface area contributed by atoms with Gasteiger partial charge in [-0.25, -0.2) is 0 Å². The van der Waals surface area contributed by atoms with Crippen LogP contribution in [0.2, 0.25) is 5.02 Å². The molecule has 4 nitrogen and oxygen atoms in total. The van der Waals surface area contributed by atoms with Crippen molar-refractivity contribution in [2.45, 2.75) is 0 Å². The van der Waals surface area contributed by atoms with E-state index in [1.54, 1.807) is 36.7 Å². The van der Waals surface area contributed by atoms with Crippen LogP contribution in [0.4, 0.5) is 5.69 Å². The predicted octanol–water partition coefficient (Wildman–Crippen LogP) is 3.76. The molecule has 0 aliphatic carbocycles. The second kappa shape index (κ2) is 6.04. The Labute approximate surface area is 123 Å². The van der Waals surface area contributed by atoms with Crippen molar-refractivity contribution in [3.8, 4) is 5.75 Å². The molecule has 1 aromatic heterocycles. The average Bonchev–Trinajstić information content (AvgIpc) is 2.41. The van der Waals surface area contributed by atoms with Gasteiger partial charge in [0.1, 0.15) is 5.75 Å². The molecular formula is C13H10BrClN2O2. The van der Waals surface area contributed by atoms with Gasteiger partial charge in [0, 0.05) is 17.4 Å². The fraction of sp³-hybridized carbons (Fsp3) is 0.0769. The number of carbonyl (C=O) groups is 1. The number of hydrogen-bond donors (Lipinski definition) is 1. The SMILES string of the molecule is COc1ccc(Cl)cc1C(=O)Nc1ccncc1Br. The molecule has 0 spiro atoms. The van der Waals surface area contributed by atoms with E-state index in [1.165, 1.54) is 7.11 Å². The maximum Gasteiger partial charge on any atom is 0.259 e. The van der Waals surface area contributed by atoms with Crippen molar-refractivity contribution in [2.75, 3.05) is 12.4 Å². The number of ether oxygens (including phenoxy) is 1. The number of methoxy groups -OCH3 is 1. The third-order valence-corrected chi connectivity index (χ3v) is 3.29. The van der Waals surface area contributed by atoms with Crippen LogP contribution in [-0.2, 0) is 0 Å². The van der Waals surface area contributed by atoms with Crippen LogP contribution in [0.25, 0.3) is 0 Å². The predicted molar refractivity (Wildman–Crippen MR) is 77.9 cm³/mol. The Morgan fingerprint density at radius 2 is 2.21 bits per heavy atom. The Bertz CT molecular complexity index is 619. The second-order valence-electron chi connectivity index (χ2n) is 3.65. The molecule has 1 heterocycles. The van der Waals surface area contributed by atoms with Gasteiger partial charge < -0.3 is 10.1 Å². The number of benzene rings is 1. The van der Waals surface area contributed by atoms with Crippen molar-refractivity contribution in [1.82, 2.24) is 4.98 Å². The zero-order valence-electron chi connectivity index (χ0n) is 9.98. The third kappa shape index (κ3) is 3.24. The number of aromatic nitrogens is 1. The molecule has 0 radical (unpaired) electrons. The van der Waals surface area contributed by atoms with Crippen molar-refractivity contribution < 1.29 is 9.53 Å². The number of pyridine rings is 1. The number of nitrogens with zero attached hydrogens (tertiary/aromatic N) is 1. The maximum atomic E-state index is 12.2. The van der Waals surface area contributed by atoms with E-state index >= 15 is 0 Å². The summed E-state index contributed by atoms with van der Waals surface area (Å²) in [4.78, 5) is 16.1. The highest BCUT2D eigenvalue weighted by Gasteiger charge is 2.14. The van der Waals surface area contributed by atoms with Gasteiger partial charge in [0.15, 0.2) is 0 Å². The van der Waals surface area contributed by atoms with E-state index < -0.39 is 0 Å². The van der Waals surface area contributed by atoms with Crippen LogP contribution in [0, 0.1) is 0 Å². The van der Waals surface area contributed by atoms with Gasteiger partial charge in [0.05, 0.1) is 22.8 Å². The lowest BCUT2D eigenvalue weighted by molar-refractivity contribution is 0.102. The summed E-state index contributed by atoms with van der Waals surface area (Å²) in [5.74, 6) is 0.165. The molecule has 1 N–H and O–H groups in total. The number of halogens is 2. The van der Waals surface area contributed by atoms with Gasteiger partial charge in [-0.1, -0.05) is 11.6 Å². The first-order chi connectivity index (χ1) is 9.11. The van der Waals surface area contributed by atoms with E-state index in [0.717, 1.165) is 0 Å². The fourth-order valence-electron chi connectivity index (χ4n) is 1.52. The third-order valence-electron chi connectivity index (χ3n) is 2.43. The summed E-state index contributed by atoms with van der Waals surface area (Å²) >= 11 is 9.21. The zero-order valence-corrected chi connectivity index (χ0v) is 12.3. The Morgan fingerprint density at radius 1 is 1.42 bits per heavy atom. The number of amides is 1. The van der Waals surface area contributed by atoms with Gasteiger partial charge >= 0.3 is 0 Å². The highest BCUT2D eigenvalue weighted by molar-refractivity contribution is 9.10. The minimum atomic E-state index is -0.300. The summed E-state index contributed by atoms with van der Waals surface area (Å²) in [6.45, 7) is 0. The number of anilines is 1. The molecule has 0 saturated carbocycles. The number of carbonyl (C=O) groups excluding carboxylic acids is 1. The van der Waals surface area contributed by atoms with E-state index in [0.29, 0.717) is 26.5 Å². The topological polar surface area (TPSA) is 51.2 Å². The molecule has 0 fully saturated rings. The van der Waals surface area contributed by atoms with Crippen LogP contribution < -0.4 is 10.1 Å². The molecule has 0 unspecified atom stereocenters. The molecule has 0 aliphatic rings. The van der Waals surface area contributed by atoms with Crippen LogP contribution in [-0.4, -0.2) is 18.0 Å². The maximum absolute atomic E-state index is 12.2. The first-order valence-corrected chi connectivity index (χ1v) is 6.53. The van der Waals surface area contributed by atoms with Crippen LogP contribution in [0.3, 0.4) is 0 Å². The zero-order chi connectivity index (χ0) is 13.8. The van der Waals surface area contributed by atoms with Crippen LogP contribution >= 0.6 is 27.5 Å². The molecule has 6 heteroatoms. The normalized spacial score (nSPS) is 10.1. The first-order valence-electron chi connectivity index (χ1n) is 5.36. The smallest absolute Gasteiger partial charge is 0.259 e. The van der Waals surface area contributed by atoms with E-state index in [-0.39, 0.29) is 5.91 Å². The van der Waals surface area contributed by atoms with Crippen LogP contribution in [0.15, 0.2) is 41.1 Å². The van der Waals surface area contributed by atoms with Gasteiger partial charge in [0.2, 0.25) is 0 Å². The summed E-state index contributed by atoms with van der Waals surface area (Å²) in [6.07, 6.45) is 3.19. The standard InChI is InChI=1S/C13H10BrClN2O2/c1-19-12-3-2-8(15)6-9(12)13(18)17-11-4-5-16-7-10(11)14/h2-7H,1H3,(H,16,17,18). The molecule has 19 heavy (non-hydrogen) atoms. The minimum absolute atomic E-state index is 0.300. The van der Waals surface area contributed by atoms with Crippen LogP contribution in [0.1, 0.15) is 10.4 Å². The van der Waals surface area contributed by atoms with Crippen molar-refractivity contribution in [1.29, 1.82) is 0 Å². The summed E-state index contributed by atoms with van der Waals surface area (Å²) < 4.78 is 5.84. The van der Waals surface area contributed by atoms with E-state index in [9.17, 15) is 4.79 Å². The van der Waals surface area contributed by atoms with Crippen molar-refractivity contribution in [3.05, 3.63) is 51.7 Å². The van der Waals surface area contributed by atoms with Gasteiger partial charge in [-0.05, 0) is 40.2 Å². The minimum Gasteiger partial charge on any atom is -0.496 e. The van der Waals surface area contributed by atoms with E-state index in [2.05, 4.69) is 26.2 Å². The van der Waals surface area contributed by atoms with Crippen molar-refractivity contribution in [2.24, 2.45) is 0 Å². The van der Waals surface area contributed by atoms with Gasteiger partial charge in [-0.15, -0.1) is 0 Å². The Kier molecular flexibility index (Phi) is 4.39. The summed E-state index contributed by atoms with van der Waals surface area (Å²) in [5.41, 5.74) is 1.00. The van der Waals surface area contributed by atoms with Crippen molar-refractivity contribution >= 4 is 39.1 Å². The fourth-order valence-corrected chi connectivity index (χ4v) is 2.05. The average molecular weight is 342 g/mol. The monoisotopic (exact) mass is 340 g/mol. The molecule has 1 aromatic carbocycles.